The predicted molar refractivity (Wildman–Crippen MR) is 91.3 cm³/mol. The summed E-state index contributed by atoms with van der Waals surface area (Å²) in [6, 6.07) is 16.5. The van der Waals surface area contributed by atoms with Crippen LogP contribution in [0.2, 0.25) is 0 Å². The number of hydrogen-bond acceptors (Lipinski definition) is 2. The molecule has 0 saturated carbocycles. The fraction of sp³-hybridized carbons (Fsp3) is 0.333. The Kier molecular flexibility index (Phi) is 5.71. The minimum absolute atomic E-state index is 0.474. The second kappa shape index (κ2) is 7.53. The second-order valence-electron chi connectivity index (χ2n) is 5.70. The minimum atomic E-state index is -0.778. The van der Waals surface area contributed by atoms with Gasteiger partial charge >= 0.3 is 0 Å². The smallest absolute Gasteiger partial charge is 0.0485 e. The van der Waals surface area contributed by atoms with Crippen molar-refractivity contribution < 1.29 is 4.21 Å². The molecule has 0 radical (unpaired) electrons. The summed E-state index contributed by atoms with van der Waals surface area (Å²) in [5.74, 6) is 1.87. The molecule has 0 aliphatic carbocycles. The Bertz CT molecular complexity index is 605. The van der Waals surface area contributed by atoms with Crippen LogP contribution in [0.3, 0.4) is 0 Å². The molecule has 0 amide bonds. The molecule has 0 bridgehead atoms. The summed E-state index contributed by atoms with van der Waals surface area (Å²) in [6.07, 6.45) is 0. The van der Waals surface area contributed by atoms with E-state index >= 15 is 0 Å². The minimum Gasteiger partial charge on any atom is -0.326 e. The van der Waals surface area contributed by atoms with Gasteiger partial charge in [-0.25, -0.2) is 0 Å². The number of nitrogens with two attached hydrogens (primary N) is 1. The molecule has 0 aliphatic heterocycles. The van der Waals surface area contributed by atoms with Gasteiger partial charge < -0.3 is 5.73 Å². The molecule has 0 spiro atoms. The van der Waals surface area contributed by atoms with Crippen molar-refractivity contribution in [2.45, 2.75) is 26.1 Å². The maximum atomic E-state index is 12.0. The lowest BCUT2D eigenvalue weighted by molar-refractivity contribution is 0.664. The topological polar surface area (TPSA) is 43.1 Å². The fourth-order valence-electron chi connectivity index (χ4n) is 2.38. The number of benzene rings is 2. The van der Waals surface area contributed by atoms with Crippen LogP contribution < -0.4 is 5.73 Å². The summed E-state index contributed by atoms with van der Waals surface area (Å²) in [4.78, 5) is 0. The van der Waals surface area contributed by atoms with Gasteiger partial charge in [0.15, 0.2) is 0 Å². The van der Waals surface area contributed by atoms with Gasteiger partial charge in [0.2, 0.25) is 0 Å². The van der Waals surface area contributed by atoms with Crippen LogP contribution in [0.1, 0.15) is 25.0 Å². The van der Waals surface area contributed by atoms with Gasteiger partial charge in [0.1, 0.15) is 0 Å². The Hall–Kier alpha value is -1.45. The summed E-state index contributed by atoms with van der Waals surface area (Å²) in [5.41, 5.74) is 10.4. The lowest BCUT2D eigenvalue weighted by Crippen LogP contribution is -2.06. The van der Waals surface area contributed by atoms with Crippen molar-refractivity contribution in [2.75, 3.05) is 5.75 Å². The van der Waals surface area contributed by atoms with Crippen LogP contribution >= 0.6 is 0 Å². The van der Waals surface area contributed by atoms with E-state index in [1.165, 1.54) is 5.56 Å². The standard InChI is InChI=1S/C18H23NOS/c1-14(2)12-21(20)13-15-7-9-16(10-8-15)18-6-4-3-5-17(18)11-19/h3-10,14H,11-13,19H2,1-2H3. The van der Waals surface area contributed by atoms with Crippen LogP contribution in [0.5, 0.6) is 0 Å². The van der Waals surface area contributed by atoms with Gasteiger partial charge in [0.05, 0.1) is 0 Å². The molecule has 3 heteroatoms. The molecule has 2 aromatic rings. The van der Waals surface area contributed by atoms with Crippen LogP contribution in [0.4, 0.5) is 0 Å². The summed E-state index contributed by atoms with van der Waals surface area (Å²) < 4.78 is 12.0. The van der Waals surface area contributed by atoms with Crippen LogP contribution in [0.25, 0.3) is 11.1 Å². The molecule has 0 aliphatic rings. The first kappa shape index (κ1) is 15.9. The summed E-state index contributed by atoms with van der Waals surface area (Å²) in [7, 11) is -0.778. The second-order valence-corrected chi connectivity index (χ2v) is 7.20. The van der Waals surface area contributed by atoms with Gasteiger partial charge in [0, 0.05) is 28.9 Å². The first-order valence-corrected chi connectivity index (χ1v) is 8.81. The highest BCUT2D eigenvalue weighted by Gasteiger charge is 2.06. The van der Waals surface area contributed by atoms with Crippen molar-refractivity contribution in [1.29, 1.82) is 0 Å². The molecule has 0 saturated heterocycles. The highest BCUT2D eigenvalue weighted by molar-refractivity contribution is 7.84. The third kappa shape index (κ3) is 4.51. The molecule has 2 N–H and O–H groups in total. The van der Waals surface area contributed by atoms with E-state index in [-0.39, 0.29) is 0 Å². The van der Waals surface area contributed by atoms with Crippen molar-refractivity contribution in [3.8, 4) is 11.1 Å². The zero-order chi connectivity index (χ0) is 15.2. The lowest BCUT2D eigenvalue weighted by Gasteiger charge is -2.09. The average Bonchev–Trinajstić information content (AvgIpc) is 2.47. The highest BCUT2D eigenvalue weighted by Crippen LogP contribution is 2.24. The van der Waals surface area contributed by atoms with E-state index in [2.05, 4.69) is 50.2 Å². The highest BCUT2D eigenvalue weighted by atomic mass is 32.2. The quantitative estimate of drug-likeness (QED) is 0.883. The van der Waals surface area contributed by atoms with Gasteiger partial charge in [0.25, 0.3) is 0 Å². The largest absolute Gasteiger partial charge is 0.326 e. The SMILES string of the molecule is CC(C)CS(=O)Cc1ccc(-c2ccccc2CN)cc1. The predicted octanol–water partition coefficient (Wildman–Crippen LogP) is 3.72. The molecule has 1 unspecified atom stereocenters. The van der Waals surface area contributed by atoms with Gasteiger partial charge in [-0.05, 0) is 28.2 Å². The van der Waals surface area contributed by atoms with E-state index < -0.39 is 10.8 Å². The first-order chi connectivity index (χ1) is 10.1. The monoisotopic (exact) mass is 301 g/mol. The van der Waals surface area contributed by atoms with Crippen molar-refractivity contribution in [3.63, 3.8) is 0 Å². The van der Waals surface area contributed by atoms with Crippen LogP contribution in [-0.4, -0.2) is 9.96 Å². The van der Waals surface area contributed by atoms with Gasteiger partial charge in [-0.3, -0.25) is 4.21 Å². The molecule has 1 atom stereocenters. The van der Waals surface area contributed by atoms with Crippen molar-refractivity contribution in [3.05, 3.63) is 59.7 Å². The van der Waals surface area contributed by atoms with Crippen LogP contribution in [0.15, 0.2) is 48.5 Å². The Balaban J connectivity index is 2.14. The lowest BCUT2D eigenvalue weighted by atomic mass is 9.99. The van der Waals surface area contributed by atoms with E-state index in [1.807, 2.05) is 12.1 Å². The Morgan fingerprint density at radius 1 is 1.05 bits per heavy atom. The molecule has 112 valence electrons. The molecule has 21 heavy (non-hydrogen) atoms. The molecule has 2 rings (SSSR count). The van der Waals surface area contributed by atoms with Crippen molar-refractivity contribution in [2.24, 2.45) is 11.7 Å². The molecule has 0 heterocycles. The van der Waals surface area contributed by atoms with E-state index in [1.54, 1.807) is 0 Å². The molecule has 0 aromatic heterocycles. The fourth-order valence-corrected chi connectivity index (χ4v) is 3.80. The van der Waals surface area contributed by atoms with Crippen molar-refractivity contribution >= 4 is 10.8 Å². The zero-order valence-corrected chi connectivity index (χ0v) is 13.5. The van der Waals surface area contributed by atoms with Crippen molar-refractivity contribution in [1.82, 2.24) is 0 Å². The Morgan fingerprint density at radius 3 is 2.33 bits per heavy atom. The summed E-state index contributed by atoms with van der Waals surface area (Å²) in [6.45, 7) is 4.74. The third-order valence-electron chi connectivity index (χ3n) is 3.35. The van der Waals surface area contributed by atoms with Gasteiger partial charge in [-0.2, -0.15) is 0 Å². The number of rotatable bonds is 6. The maximum Gasteiger partial charge on any atom is 0.0485 e. The normalized spacial score (nSPS) is 12.6. The number of hydrogen-bond donors (Lipinski definition) is 1. The van der Waals surface area contributed by atoms with Gasteiger partial charge in [-0.15, -0.1) is 0 Å². The van der Waals surface area contributed by atoms with Crippen LogP contribution in [-0.2, 0) is 23.1 Å². The van der Waals surface area contributed by atoms with E-state index in [0.29, 0.717) is 18.2 Å². The first-order valence-electron chi connectivity index (χ1n) is 7.32. The third-order valence-corrected chi connectivity index (χ3v) is 5.04. The van der Waals surface area contributed by atoms with Crippen LogP contribution in [0, 0.1) is 5.92 Å². The maximum absolute atomic E-state index is 12.0. The summed E-state index contributed by atoms with van der Waals surface area (Å²) in [5, 5.41) is 0. The average molecular weight is 301 g/mol. The molecular weight excluding hydrogens is 278 g/mol. The molecule has 0 fully saturated rings. The molecule has 2 aromatic carbocycles. The van der Waals surface area contributed by atoms with E-state index in [4.69, 9.17) is 5.73 Å². The Labute approximate surface area is 129 Å². The molecular formula is C18H23NOS. The Morgan fingerprint density at radius 2 is 1.71 bits per heavy atom. The molecule has 2 nitrogen and oxygen atoms in total. The summed E-state index contributed by atoms with van der Waals surface area (Å²) >= 11 is 0. The van der Waals surface area contributed by atoms with Gasteiger partial charge in [-0.1, -0.05) is 62.4 Å². The van der Waals surface area contributed by atoms with E-state index in [9.17, 15) is 4.21 Å². The van der Waals surface area contributed by atoms with E-state index in [0.717, 1.165) is 22.4 Å². The zero-order valence-electron chi connectivity index (χ0n) is 12.7.